The van der Waals surface area contributed by atoms with Gasteiger partial charge in [-0.25, -0.2) is 0 Å². The molecule has 0 saturated heterocycles. The SMILES string of the molecule is CCCNC(=O)CN(C)CC(=O)Nc1sccc1C(N)=O. The van der Waals surface area contributed by atoms with Crippen LogP contribution in [0.1, 0.15) is 23.7 Å². The lowest BCUT2D eigenvalue weighted by atomic mass is 10.3. The number of thiophene rings is 1. The Labute approximate surface area is 127 Å². The third-order valence-corrected chi connectivity index (χ3v) is 3.41. The molecule has 1 aromatic rings. The highest BCUT2D eigenvalue weighted by Gasteiger charge is 2.14. The maximum absolute atomic E-state index is 11.9. The molecule has 1 rings (SSSR count). The number of nitrogens with two attached hydrogens (primary N) is 1. The second-order valence-corrected chi connectivity index (χ2v) is 5.51. The maximum Gasteiger partial charge on any atom is 0.251 e. The number of amides is 3. The molecule has 0 radical (unpaired) electrons. The minimum Gasteiger partial charge on any atom is -0.366 e. The van der Waals surface area contributed by atoms with Crippen molar-refractivity contribution in [2.45, 2.75) is 13.3 Å². The average Bonchev–Trinajstić information content (AvgIpc) is 2.83. The van der Waals surface area contributed by atoms with Crippen LogP contribution in [-0.4, -0.2) is 49.3 Å². The Hall–Kier alpha value is -1.93. The van der Waals surface area contributed by atoms with E-state index in [0.717, 1.165) is 6.42 Å². The summed E-state index contributed by atoms with van der Waals surface area (Å²) < 4.78 is 0. The number of anilines is 1. The van der Waals surface area contributed by atoms with Crippen LogP contribution in [0.4, 0.5) is 5.00 Å². The van der Waals surface area contributed by atoms with Crippen molar-refractivity contribution in [1.29, 1.82) is 0 Å². The van der Waals surface area contributed by atoms with E-state index in [1.165, 1.54) is 11.3 Å². The first-order valence-corrected chi connectivity index (χ1v) is 7.44. The van der Waals surface area contributed by atoms with E-state index in [-0.39, 0.29) is 30.5 Å². The van der Waals surface area contributed by atoms with E-state index in [0.29, 0.717) is 11.5 Å². The summed E-state index contributed by atoms with van der Waals surface area (Å²) in [6.45, 7) is 2.78. The summed E-state index contributed by atoms with van der Waals surface area (Å²) in [7, 11) is 1.68. The number of nitrogens with zero attached hydrogens (tertiary/aromatic N) is 1. The Kier molecular flexibility index (Phi) is 6.83. The predicted octanol–water partition coefficient (Wildman–Crippen LogP) is 0.244. The van der Waals surface area contributed by atoms with Crippen molar-refractivity contribution >= 4 is 34.1 Å². The molecule has 0 atom stereocenters. The lowest BCUT2D eigenvalue weighted by Gasteiger charge is -2.15. The summed E-state index contributed by atoms with van der Waals surface area (Å²) in [5.74, 6) is -1.01. The molecule has 1 heterocycles. The van der Waals surface area contributed by atoms with E-state index < -0.39 is 5.91 Å². The number of hydrogen-bond donors (Lipinski definition) is 3. The van der Waals surface area contributed by atoms with Crippen LogP contribution in [0.15, 0.2) is 11.4 Å². The maximum atomic E-state index is 11.9. The molecule has 0 aliphatic heterocycles. The predicted molar refractivity (Wildman–Crippen MR) is 82.3 cm³/mol. The van der Waals surface area contributed by atoms with Gasteiger partial charge in [-0.05, 0) is 24.9 Å². The Morgan fingerprint density at radius 1 is 1.29 bits per heavy atom. The van der Waals surface area contributed by atoms with Gasteiger partial charge >= 0.3 is 0 Å². The summed E-state index contributed by atoms with van der Waals surface area (Å²) in [5.41, 5.74) is 5.49. The normalized spacial score (nSPS) is 10.4. The van der Waals surface area contributed by atoms with Gasteiger partial charge in [-0.1, -0.05) is 6.92 Å². The smallest absolute Gasteiger partial charge is 0.251 e. The first kappa shape index (κ1) is 17.1. The van der Waals surface area contributed by atoms with Crippen molar-refractivity contribution in [3.8, 4) is 0 Å². The van der Waals surface area contributed by atoms with Gasteiger partial charge in [0.25, 0.3) is 5.91 Å². The topological polar surface area (TPSA) is 105 Å². The van der Waals surface area contributed by atoms with Crippen molar-refractivity contribution in [2.24, 2.45) is 5.73 Å². The lowest BCUT2D eigenvalue weighted by Crippen LogP contribution is -2.39. The molecule has 0 spiro atoms. The molecule has 8 heteroatoms. The van der Waals surface area contributed by atoms with Crippen LogP contribution in [0.5, 0.6) is 0 Å². The van der Waals surface area contributed by atoms with Crippen LogP contribution >= 0.6 is 11.3 Å². The second kappa shape index (κ2) is 8.38. The van der Waals surface area contributed by atoms with Crippen LogP contribution in [-0.2, 0) is 9.59 Å². The number of nitrogens with one attached hydrogen (secondary N) is 2. The number of hydrogen-bond acceptors (Lipinski definition) is 5. The lowest BCUT2D eigenvalue weighted by molar-refractivity contribution is -0.122. The zero-order chi connectivity index (χ0) is 15.8. The summed E-state index contributed by atoms with van der Waals surface area (Å²) in [6, 6.07) is 1.56. The number of likely N-dealkylation sites (N-methyl/N-ethyl adjacent to an activating group) is 1. The highest BCUT2D eigenvalue weighted by atomic mass is 32.1. The minimum absolute atomic E-state index is 0.0512. The van der Waals surface area contributed by atoms with Crippen LogP contribution < -0.4 is 16.4 Å². The van der Waals surface area contributed by atoms with Crippen LogP contribution in [0.25, 0.3) is 0 Å². The third-order valence-electron chi connectivity index (χ3n) is 2.58. The molecule has 0 bridgehead atoms. The molecule has 4 N–H and O–H groups in total. The fraction of sp³-hybridized carbons (Fsp3) is 0.462. The van der Waals surface area contributed by atoms with Crippen LogP contribution in [0, 0.1) is 0 Å². The minimum atomic E-state index is -0.584. The van der Waals surface area contributed by atoms with Crippen LogP contribution in [0.3, 0.4) is 0 Å². The molecular weight excluding hydrogens is 292 g/mol. The molecule has 7 nitrogen and oxygen atoms in total. The van der Waals surface area contributed by atoms with E-state index in [2.05, 4.69) is 10.6 Å². The second-order valence-electron chi connectivity index (χ2n) is 4.60. The molecule has 21 heavy (non-hydrogen) atoms. The van der Waals surface area contributed by atoms with Crippen molar-refractivity contribution in [3.05, 3.63) is 17.0 Å². The molecule has 0 fully saturated rings. The number of primary amides is 1. The van der Waals surface area contributed by atoms with E-state index in [1.807, 2.05) is 6.92 Å². The van der Waals surface area contributed by atoms with Crippen molar-refractivity contribution < 1.29 is 14.4 Å². The largest absolute Gasteiger partial charge is 0.366 e. The van der Waals surface area contributed by atoms with Gasteiger partial charge in [0.05, 0.1) is 18.7 Å². The van der Waals surface area contributed by atoms with E-state index in [9.17, 15) is 14.4 Å². The summed E-state index contributed by atoms with van der Waals surface area (Å²) in [5, 5.41) is 7.46. The summed E-state index contributed by atoms with van der Waals surface area (Å²) >= 11 is 1.23. The van der Waals surface area contributed by atoms with Crippen molar-refractivity contribution in [2.75, 3.05) is 32.0 Å². The van der Waals surface area contributed by atoms with Crippen molar-refractivity contribution in [3.63, 3.8) is 0 Å². The number of rotatable bonds is 8. The number of carbonyl (C=O) groups excluding carboxylic acids is 3. The summed E-state index contributed by atoms with van der Waals surface area (Å²) in [6.07, 6.45) is 0.865. The van der Waals surface area contributed by atoms with Gasteiger partial charge in [0.1, 0.15) is 5.00 Å². The van der Waals surface area contributed by atoms with Gasteiger partial charge in [0.15, 0.2) is 0 Å². The monoisotopic (exact) mass is 312 g/mol. The Morgan fingerprint density at radius 3 is 2.57 bits per heavy atom. The van der Waals surface area contributed by atoms with Gasteiger partial charge in [-0.2, -0.15) is 0 Å². The molecule has 1 aromatic heterocycles. The molecule has 0 aromatic carbocycles. The fourth-order valence-corrected chi connectivity index (χ4v) is 2.44. The molecule has 3 amide bonds. The van der Waals surface area contributed by atoms with Gasteiger partial charge in [-0.15, -0.1) is 11.3 Å². The van der Waals surface area contributed by atoms with Gasteiger partial charge in [-0.3, -0.25) is 19.3 Å². The Morgan fingerprint density at radius 2 is 1.95 bits per heavy atom. The first-order valence-electron chi connectivity index (χ1n) is 6.56. The molecule has 116 valence electrons. The van der Waals surface area contributed by atoms with Crippen LogP contribution in [0.2, 0.25) is 0 Å². The highest BCUT2D eigenvalue weighted by Crippen LogP contribution is 2.22. The zero-order valence-electron chi connectivity index (χ0n) is 12.1. The molecular formula is C13H20N4O3S. The molecule has 0 aliphatic carbocycles. The zero-order valence-corrected chi connectivity index (χ0v) is 13.0. The summed E-state index contributed by atoms with van der Waals surface area (Å²) in [4.78, 5) is 36.1. The molecule has 0 aliphatic rings. The fourth-order valence-electron chi connectivity index (χ4n) is 1.63. The standard InChI is InChI=1S/C13H20N4O3S/c1-3-5-15-10(18)7-17(2)8-11(19)16-13-9(12(14)20)4-6-21-13/h4,6H,3,5,7-8H2,1-2H3,(H2,14,20)(H,15,18)(H,16,19). The van der Waals surface area contributed by atoms with Crippen molar-refractivity contribution in [1.82, 2.24) is 10.2 Å². The van der Waals surface area contributed by atoms with E-state index in [4.69, 9.17) is 5.73 Å². The molecule has 0 unspecified atom stereocenters. The van der Waals surface area contributed by atoms with Gasteiger partial charge in [0, 0.05) is 6.54 Å². The van der Waals surface area contributed by atoms with E-state index in [1.54, 1.807) is 23.4 Å². The third kappa shape index (κ3) is 5.92. The first-order chi connectivity index (χ1) is 9.93. The Bertz CT molecular complexity index is 515. The van der Waals surface area contributed by atoms with E-state index >= 15 is 0 Å². The van der Waals surface area contributed by atoms with Gasteiger partial charge in [0.2, 0.25) is 11.8 Å². The molecule has 0 saturated carbocycles. The Balaban J connectivity index is 2.44. The average molecular weight is 312 g/mol. The number of carbonyl (C=O) groups is 3. The van der Waals surface area contributed by atoms with Gasteiger partial charge < -0.3 is 16.4 Å². The quantitative estimate of drug-likeness (QED) is 0.639. The highest BCUT2D eigenvalue weighted by molar-refractivity contribution is 7.14.